The zero-order chi connectivity index (χ0) is 27.9. The van der Waals surface area contributed by atoms with Gasteiger partial charge in [0.25, 0.3) is 11.8 Å². The van der Waals surface area contributed by atoms with Crippen LogP contribution in [0.25, 0.3) is 0 Å². The van der Waals surface area contributed by atoms with E-state index in [4.69, 9.17) is 19.3 Å². The highest BCUT2D eigenvalue weighted by molar-refractivity contribution is 7.12. The van der Waals surface area contributed by atoms with Gasteiger partial charge in [-0.3, -0.25) is 14.5 Å². The van der Waals surface area contributed by atoms with Crippen LogP contribution in [-0.2, 0) is 9.53 Å². The van der Waals surface area contributed by atoms with E-state index in [-0.39, 0.29) is 24.4 Å². The Morgan fingerprint density at radius 3 is 2.30 bits per heavy atom. The van der Waals surface area contributed by atoms with Gasteiger partial charge in [-0.15, -0.1) is 11.3 Å². The Kier molecular flexibility index (Phi) is 9.10. The zero-order valence-electron chi connectivity index (χ0n) is 22.8. The van der Waals surface area contributed by atoms with Gasteiger partial charge < -0.3 is 19.1 Å². The lowest BCUT2D eigenvalue weighted by atomic mass is 10.0. The molecule has 2 aliphatic rings. The van der Waals surface area contributed by atoms with Gasteiger partial charge in [-0.2, -0.15) is 5.10 Å². The van der Waals surface area contributed by atoms with Crippen LogP contribution in [0.2, 0.25) is 0 Å². The molecule has 210 valence electrons. The highest BCUT2D eigenvalue weighted by atomic mass is 32.1. The molecule has 2 aliphatic heterocycles. The first-order valence-electron chi connectivity index (χ1n) is 13.4. The van der Waals surface area contributed by atoms with E-state index in [2.05, 4.69) is 4.90 Å². The number of methoxy groups -OCH3 is 2. The quantitative estimate of drug-likeness (QED) is 0.373. The van der Waals surface area contributed by atoms with E-state index in [0.29, 0.717) is 44.0 Å². The molecule has 0 aliphatic carbocycles. The van der Waals surface area contributed by atoms with Gasteiger partial charge in [-0.25, -0.2) is 5.01 Å². The van der Waals surface area contributed by atoms with E-state index < -0.39 is 0 Å². The number of carbonyl (C=O) groups excluding carboxylic acids is 2. The Hall–Kier alpha value is -3.73. The van der Waals surface area contributed by atoms with E-state index >= 15 is 0 Å². The number of amides is 2. The molecule has 3 aromatic rings. The first-order chi connectivity index (χ1) is 19.6. The van der Waals surface area contributed by atoms with Crippen molar-refractivity contribution >= 4 is 28.9 Å². The minimum absolute atomic E-state index is 0.0803. The SMILES string of the molecule is COc1ccc(C(=O)N(CCN2CCOCC2)CC(=O)N2N=C(c3cccs3)C[C@@H]2c2ccc(OC)cc2)cc1. The summed E-state index contributed by atoms with van der Waals surface area (Å²) < 4.78 is 16.0. The summed E-state index contributed by atoms with van der Waals surface area (Å²) in [4.78, 5) is 32.5. The number of hydrogen-bond acceptors (Lipinski definition) is 8. The van der Waals surface area contributed by atoms with E-state index in [9.17, 15) is 9.59 Å². The molecule has 2 aromatic carbocycles. The lowest BCUT2D eigenvalue weighted by molar-refractivity contribution is -0.133. The van der Waals surface area contributed by atoms with Crippen LogP contribution in [-0.4, -0.2) is 92.5 Å². The smallest absolute Gasteiger partial charge is 0.262 e. The maximum Gasteiger partial charge on any atom is 0.262 e. The van der Waals surface area contributed by atoms with Crippen molar-refractivity contribution < 1.29 is 23.8 Å². The summed E-state index contributed by atoms with van der Waals surface area (Å²) in [6, 6.07) is 18.4. The first-order valence-corrected chi connectivity index (χ1v) is 14.2. The predicted molar refractivity (Wildman–Crippen MR) is 154 cm³/mol. The van der Waals surface area contributed by atoms with Crippen molar-refractivity contribution in [2.45, 2.75) is 12.5 Å². The summed E-state index contributed by atoms with van der Waals surface area (Å²) in [6.45, 7) is 3.94. The van der Waals surface area contributed by atoms with Crippen molar-refractivity contribution in [1.29, 1.82) is 0 Å². The number of morpholine rings is 1. The van der Waals surface area contributed by atoms with Gasteiger partial charge in [0.2, 0.25) is 0 Å². The minimum atomic E-state index is -0.271. The van der Waals surface area contributed by atoms with Crippen molar-refractivity contribution in [1.82, 2.24) is 14.8 Å². The largest absolute Gasteiger partial charge is 0.497 e. The summed E-state index contributed by atoms with van der Waals surface area (Å²) in [5.41, 5.74) is 2.34. The molecule has 5 rings (SSSR count). The standard InChI is InChI=1S/C30H34N4O5S/c1-37-24-9-5-22(6-10-24)27-20-26(28-4-3-19-40-28)31-34(27)29(35)21-33(14-13-32-15-17-39-18-16-32)30(36)23-7-11-25(38-2)12-8-23/h3-12,19,27H,13-18,20-21H2,1-2H3/t27-/m1/s1. The van der Waals surface area contributed by atoms with Crippen LogP contribution in [0, 0.1) is 0 Å². The summed E-state index contributed by atoms with van der Waals surface area (Å²) >= 11 is 1.60. The van der Waals surface area contributed by atoms with Gasteiger partial charge in [0.1, 0.15) is 18.0 Å². The number of rotatable bonds is 10. The molecule has 0 bridgehead atoms. The van der Waals surface area contributed by atoms with Gasteiger partial charge in [0.15, 0.2) is 0 Å². The van der Waals surface area contributed by atoms with E-state index in [1.807, 2.05) is 41.8 Å². The molecule has 9 nitrogen and oxygen atoms in total. The Morgan fingerprint density at radius 2 is 1.68 bits per heavy atom. The van der Waals surface area contributed by atoms with Crippen molar-refractivity contribution in [3.63, 3.8) is 0 Å². The fourth-order valence-corrected chi connectivity index (χ4v) is 5.63. The monoisotopic (exact) mass is 562 g/mol. The topological polar surface area (TPSA) is 83.9 Å². The molecule has 1 fully saturated rings. The normalized spacial score (nSPS) is 17.4. The molecule has 1 saturated heterocycles. The Balaban J connectivity index is 1.39. The van der Waals surface area contributed by atoms with Crippen LogP contribution in [0.15, 0.2) is 71.1 Å². The van der Waals surface area contributed by atoms with Gasteiger partial charge in [0, 0.05) is 38.2 Å². The van der Waals surface area contributed by atoms with E-state index in [1.165, 1.54) is 0 Å². The molecule has 10 heteroatoms. The molecule has 0 spiro atoms. The lowest BCUT2D eigenvalue weighted by Crippen LogP contribution is -2.46. The average molecular weight is 563 g/mol. The van der Waals surface area contributed by atoms with Crippen molar-refractivity contribution in [2.75, 3.05) is 60.2 Å². The van der Waals surface area contributed by atoms with E-state index in [0.717, 1.165) is 35.0 Å². The maximum absolute atomic E-state index is 13.9. The number of hydrogen-bond donors (Lipinski definition) is 0. The molecule has 1 atom stereocenters. The number of nitrogens with zero attached hydrogens (tertiary/aromatic N) is 4. The Labute approximate surface area is 238 Å². The van der Waals surface area contributed by atoms with Gasteiger partial charge >= 0.3 is 0 Å². The van der Waals surface area contributed by atoms with Crippen molar-refractivity contribution in [3.8, 4) is 11.5 Å². The first kappa shape index (κ1) is 27.8. The van der Waals surface area contributed by atoms with Gasteiger partial charge in [0.05, 0.1) is 44.1 Å². The fraction of sp³-hybridized carbons (Fsp3) is 0.367. The molecule has 1 aromatic heterocycles. The second-order valence-electron chi connectivity index (χ2n) is 9.66. The Morgan fingerprint density at radius 1 is 1.00 bits per heavy atom. The average Bonchev–Trinajstić information content (AvgIpc) is 3.70. The maximum atomic E-state index is 13.9. The molecule has 2 amide bonds. The summed E-state index contributed by atoms with van der Waals surface area (Å²) in [7, 11) is 3.22. The minimum Gasteiger partial charge on any atom is -0.497 e. The third-order valence-electron chi connectivity index (χ3n) is 7.21. The predicted octanol–water partition coefficient (Wildman–Crippen LogP) is 3.92. The highest BCUT2D eigenvalue weighted by Crippen LogP contribution is 2.34. The molecule has 0 unspecified atom stereocenters. The molecule has 0 radical (unpaired) electrons. The second-order valence-corrected chi connectivity index (χ2v) is 10.6. The van der Waals surface area contributed by atoms with Crippen molar-refractivity contribution in [3.05, 3.63) is 82.0 Å². The summed E-state index contributed by atoms with van der Waals surface area (Å²) in [5.74, 6) is 0.990. The highest BCUT2D eigenvalue weighted by Gasteiger charge is 2.35. The number of ether oxygens (including phenoxy) is 3. The van der Waals surface area contributed by atoms with E-state index in [1.54, 1.807) is 59.7 Å². The van der Waals surface area contributed by atoms with Gasteiger partial charge in [-0.05, 0) is 53.4 Å². The van der Waals surface area contributed by atoms with Crippen LogP contribution in [0.1, 0.15) is 33.3 Å². The van der Waals surface area contributed by atoms with Crippen LogP contribution < -0.4 is 9.47 Å². The lowest BCUT2D eigenvalue weighted by Gasteiger charge is -2.31. The van der Waals surface area contributed by atoms with Crippen LogP contribution in [0.4, 0.5) is 0 Å². The zero-order valence-corrected chi connectivity index (χ0v) is 23.6. The number of benzene rings is 2. The number of hydrazone groups is 1. The molecule has 0 saturated carbocycles. The molecule has 40 heavy (non-hydrogen) atoms. The third kappa shape index (κ3) is 6.52. The Bertz CT molecular complexity index is 1300. The molecular formula is C30H34N4O5S. The summed E-state index contributed by atoms with van der Waals surface area (Å²) in [6.07, 6.45) is 0.596. The van der Waals surface area contributed by atoms with Crippen LogP contribution in [0.5, 0.6) is 11.5 Å². The third-order valence-corrected chi connectivity index (χ3v) is 8.13. The number of thiophene rings is 1. The van der Waals surface area contributed by atoms with Crippen LogP contribution >= 0.6 is 11.3 Å². The molecule has 3 heterocycles. The number of carbonyl (C=O) groups is 2. The second kappa shape index (κ2) is 13.1. The van der Waals surface area contributed by atoms with Crippen molar-refractivity contribution in [2.24, 2.45) is 5.10 Å². The molecular weight excluding hydrogens is 528 g/mol. The molecule has 0 N–H and O–H groups in total. The fourth-order valence-electron chi connectivity index (χ4n) is 4.91. The van der Waals surface area contributed by atoms with Crippen LogP contribution in [0.3, 0.4) is 0 Å². The van der Waals surface area contributed by atoms with Gasteiger partial charge in [-0.1, -0.05) is 18.2 Å². The summed E-state index contributed by atoms with van der Waals surface area (Å²) in [5, 5.41) is 8.35.